The lowest BCUT2D eigenvalue weighted by atomic mass is 10.0. The van der Waals surface area contributed by atoms with Gasteiger partial charge in [0.1, 0.15) is 0 Å². The summed E-state index contributed by atoms with van der Waals surface area (Å²) in [6.45, 7) is 4.31. The number of fused-ring (bicyclic) bond motifs is 4. The van der Waals surface area contributed by atoms with Crippen molar-refractivity contribution in [2.24, 2.45) is 0 Å². The Labute approximate surface area is 203 Å². The summed E-state index contributed by atoms with van der Waals surface area (Å²) in [7, 11) is 1.68. The molecule has 0 aliphatic carbocycles. The lowest BCUT2D eigenvalue weighted by Crippen LogP contribution is -2.29. The summed E-state index contributed by atoms with van der Waals surface area (Å²) in [5, 5.41) is 2.74. The number of nitrogens with one attached hydrogen (secondary N) is 1. The summed E-state index contributed by atoms with van der Waals surface area (Å²) < 4.78 is 1.94. The van der Waals surface area contributed by atoms with Gasteiger partial charge in [-0.05, 0) is 54.6 Å². The fourth-order valence-corrected chi connectivity index (χ4v) is 4.69. The van der Waals surface area contributed by atoms with Crippen LogP contribution in [-0.4, -0.2) is 34.0 Å². The zero-order valence-electron chi connectivity index (χ0n) is 18.2. The molecule has 0 saturated carbocycles. The van der Waals surface area contributed by atoms with Gasteiger partial charge < -0.3 is 14.5 Å². The number of likely N-dealkylation sites (N-methyl/N-ethyl adjacent to an activating group) is 1. The van der Waals surface area contributed by atoms with E-state index in [0.29, 0.717) is 66.7 Å². The molecule has 6 nitrogen and oxygen atoms in total. The molecule has 1 N–H and O–H groups in total. The highest BCUT2D eigenvalue weighted by atomic mass is 35.5. The lowest BCUT2D eigenvalue weighted by molar-refractivity contribution is -0.124. The maximum atomic E-state index is 13.5. The number of amides is 1. The van der Waals surface area contributed by atoms with Crippen molar-refractivity contribution in [3.05, 3.63) is 91.7 Å². The molecular formula is C26H19Cl2N3O3. The Hall–Kier alpha value is -3.61. The number of aromatic amines is 1. The predicted molar refractivity (Wildman–Crippen MR) is 139 cm³/mol. The molecule has 0 saturated heterocycles. The molecule has 0 spiro atoms. The molecule has 2 aromatic heterocycles. The Morgan fingerprint density at radius 1 is 0.912 bits per heavy atom. The van der Waals surface area contributed by atoms with Crippen LogP contribution in [0.2, 0.25) is 10.0 Å². The minimum Gasteiger partial charge on any atom is -0.354 e. The van der Waals surface area contributed by atoms with E-state index in [-0.39, 0.29) is 16.8 Å². The van der Waals surface area contributed by atoms with Crippen LogP contribution < -0.4 is 10.9 Å². The molecule has 3 aromatic carbocycles. The zero-order chi connectivity index (χ0) is 24.1. The number of carbonyl (C=O) groups excluding carboxylic acids is 1. The number of pyridine rings is 2. The molecule has 0 fully saturated rings. The average molecular weight is 492 g/mol. The third-order valence-electron chi connectivity index (χ3n) is 6.12. The molecular weight excluding hydrogens is 473 g/mol. The third-order valence-corrected chi connectivity index (χ3v) is 6.59. The van der Waals surface area contributed by atoms with Gasteiger partial charge >= 0.3 is 0 Å². The summed E-state index contributed by atoms with van der Waals surface area (Å²) in [5.74, 6) is -0.206. The first-order chi connectivity index (χ1) is 16.3. The van der Waals surface area contributed by atoms with Crippen LogP contribution in [0.1, 0.15) is 0 Å². The van der Waals surface area contributed by atoms with Crippen molar-refractivity contribution in [3.63, 3.8) is 0 Å². The van der Waals surface area contributed by atoms with Gasteiger partial charge in [0, 0.05) is 57.2 Å². The van der Waals surface area contributed by atoms with Gasteiger partial charge in [-0.2, -0.15) is 0 Å². The van der Waals surface area contributed by atoms with Crippen molar-refractivity contribution in [2.45, 2.75) is 6.54 Å². The number of nitrogens with zero attached hydrogens (tertiary/aromatic N) is 2. The van der Waals surface area contributed by atoms with Crippen LogP contribution >= 0.6 is 23.2 Å². The van der Waals surface area contributed by atoms with Gasteiger partial charge in [-0.3, -0.25) is 14.4 Å². The lowest BCUT2D eigenvalue weighted by Gasteiger charge is -2.20. The molecule has 1 amide bonds. The number of halogens is 2. The van der Waals surface area contributed by atoms with Gasteiger partial charge in [-0.25, -0.2) is 0 Å². The topological polar surface area (TPSA) is 75.2 Å². The second-order valence-corrected chi connectivity index (χ2v) is 9.04. The summed E-state index contributed by atoms with van der Waals surface area (Å²) >= 11 is 12.3. The second-order valence-electron chi connectivity index (χ2n) is 8.17. The van der Waals surface area contributed by atoms with Crippen LogP contribution in [0.15, 0.2) is 70.8 Å². The Balaban J connectivity index is 1.87. The Bertz CT molecular complexity index is 1790. The predicted octanol–water partition coefficient (Wildman–Crippen LogP) is 5.10. The number of carbonyl (C=O) groups is 1. The largest absolute Gasteiger partial charge is 0.354 e. The fourth-order valence-electron chi connectivity index (χ4n) is 4.35. The number of rotatable bonds is 4. The molecule has 0 aliphatic heterocycles. The molecule has 0 atom stereocenters. The molecule has 5 rings (SSSR count). The molecule has 0 aliphatic rings. The van der Waals surface area contributed by atoms with E-state index in [2.05, 4.69) is 11.6 Å². The number of benzene rings is 3. The Morgan fingerprint density at radius 2 is 1.53 bits per heavy atom. The SMILES string of the molecule is C=CC(=O)N(C)CCn1c2ccc(Cl)cc2c(=O)c2cc3[nH]c4ccc(Cl)cc4c(=O)c3cc21. The minimum atomic E-state index is -0.206. The van der Waals surface area contributed by atoms with E-state index in [1.54, 1.807) is 60.5 Å². The van der Waals surface area contributed by atoms with Crippen molar-refractivity contribution in [1.29, 1.82) is 0 Å². The van der Waals surface area contributed by atoms with Crippen LogP contribution in [0.4, 0.5) is 0 Å². The number of hydrogen-bond donors (Lipinski definition) is 1. The van der Waals surface area contributed by atoms with Crippen LogP contribution in [0.25, 0.3) is 43.6 Å². The van der Waals surface area contributed by atoms with Crippen molar-refractivity contribution in [1.82, 2.24) is 14.5 Å². The van der Waals surface area contributed by atoms with Crippen LogP contribution in [-0.2, 0) is 11.3 Å². The summed E-state index contributed by atoms with van der Waals surface area (Å²) in [6, 6.07) is 13.7. The van der Waals surface area contributed by atoms with E-state index in [4.69, 9.17) is 23.2 Å². The van der Waals surface area contributed by atoms with E-state index in [1.807, 2.05) is 4.57 Å². The van der Waals surface area contributed by atoms with Gasteiger partial charge in [-0.1, -0.05) is 29.8 Å². The number of hydrogen-bond acceptors (Lipinski definition) is 3. The quantitative estimate of drug-likeness (QED) is 0.280. The van der Waals surface area contributed by atoms with E-state index < -0.39 is 0 Å². The first kappa shape index (κ1) is 22.2. The van der Waals surface area contributed by atoms with E-state index in [9.17, 15) is 14.4 Å². The molecule has 8 heteroatoms. The van der Waals surface area contributed by atoms with Gasteiger partial charge in [0.25, 0.3) is 0 Å². The second kappa shape index (κ2) is 8.31. The van der Waals surface area contributed by atoms with E-state index >= 15 is 0 Å². The maximum absolute atomic E-state index is 13.5. The molecule has 5 aromatic rings. The van der Waals surface area contributed by atoms with E-state index in [0.717, 1.165) is 0 Å². The molecule has 0 bridgehead atoms. The monoisotopic (exact) mass is 491 g/mol. The summed E-state index contributed by atoms with van der Waals surface area (Å²) in [6.07, 6.45) is 1.25. The minimum absolute atomic E-state index is 0.178. The first-order valence-corrected chi connectivity index (χ1v) is 11.3. The van der Waals surface area contributed by atoms with Crippen molar-refractivity contribution < 1.29 is 4.79 Å². The normalized spacial score (nSPS) is 11.5. The van der Waals surface area contributed by atoms with E-state index in [1.165, 1.54) is 6.08 Å². The van der Waals surface area contributed by atoms with Crippen molar-refractivity contribution in [2.75, 3.05) is 13.6 Å². The van der Waals surface area contributed by atoms with Crippen molar-refractivity contribution in [3.8, 4) is 0 Å². The summed E-state index contributed by atoms with van der Waals surface area (Å²) in [5.41, 5.74) is 2.09. The highest BCUT2D eigenvalue weighted by molar-refractivity contribution is 6.31. The number of H-pyrrole nitrogens is 1. The molecule has 34 heavy (non-hydrogen) atoms. The Morgan fingerprint density at radius 3 is 2.26 bits per heavy atom. The summed E-state index contributed by atoms with van der Waals surface area (Å²) in [4.78, 5) is 43.6. The van der Waals surface area contributed by atoms with Gasteiger partial charge in [-0.15, -0.1) is 0 Å². The smallest absolute Gasteiger partial charge is 0.245 e. The average Bonchev–Trinajstić information content (AvgIpc) is 2.83. The van der Waals surface area contributed by atoms with Crippen LogP contribution in [0, 0.1) is 0 Å². The van der Waals surface area contributed by atoms with Crippen molar-refractivity contribution >= 4 is 72.7 Å². The van der Waals surface area contributed by atoms with Crippen LogP contribution in [0.3, 0.4) is 0 Å². The standard InChI is InChI=1S/C26H19Cl2N3O3/c1-3-24(32)30(2)8-9-31-22-7-5-15(28)11-18(22)26(34)19-12-21-17(13-23(19)31)25(33)16-10-14(27)4-6-20(16)29-21/h3-7,10-13H,1,8-9H2,2H3,(H,29,33). The Kier molecular flexibility index (Phi) is 5.42. The maximum Gasteiger partial charge on any atom is 0.245 e. The zero-order valence-corrected chi connectivity index (χ0v) is 19.7. The first-order valence-electron chi connectivity index (χ1n) is 10.6. The van der Waals surface area contributed by atoms with Gasteiger partial charge in [0.05, 0.1) is 16.6 Å². The molecule has 0 radical (unpaired) electrons. The highest BCUT2D eigenvalue weighted by Crippen LogP contribution is 2.26. The molecule has 0 unspecified atom stereocenters. The molecule has 2 heterocycles. The van der Waals surface area contributed by atoms with Gasteiger partial charge in [0.2, 0.25) is 5.91 Å². The number of aromatic nitrogens is 2. The van der Waals surface area contributed by atoms with Gasteiger partial charge in [0.15, 0.2) is 10.9 Å². The molecule has 170 valence electrons. The third kappa shape index (κ3) is 3.56. The highest BCUT2D eigenvalue weighted by Gasteiger charge is 2.16. The fraction of sp³-hybridized carbons (Fsp3) is 0.115. The van der Waals surface area contributed by atoms with Crippen LogP contribution in [0.5, 0.6) is 0 Å².